The molecule has 0 radical (unpaired) electrons. The van der Waals surface area contributed by atoms with Gasteiger partial charge in [-0.1, -0.05) is 29.8 Å². The lowest BCUT2D eigenvalue weighted by Crippen LogP contribution is -2.42. The molecule has 0 spiro atoms. The van der Waals surface area contributed by atoms with Gasteiger partial charge >= 0.3 is 0 Å². The Labute approximate surface area is 158 Å². The molecule has 0 bridgehead atoms. The Morgan fingerprint density at radius 2 is 2.16 bits per heavy atom. The minimum atomic E-state index is -0.102. The van der Waals surface area contributed by atoms with Crippen LogP contribution >= 0.6 is 23.4 Å². The summed E-state index contributed by atoms with van der Waals surface area (Å²) in [5.41, 5.74) is 1.13. The summed E-state index contributed by atoms with van der Waals surface area (Å²) in [6, 6.07) is 13.7. The quantitative estimate of drug-likeness (QED) is 0.800. The van der Waals surface area contributed by atoms with Gasteiger partial charge in [-0.05, 0) is 36.2 Å². The van der Waals surface area contributed by atoms with Gasteiger partial charge in [0.2, 0.25) is 5.91 Å². The highest BCUT2D eigenvalue weighted by Crippen LogP contribution is 2.33. The van der Waals surface area contributed by atoms with E-state index in [0.717, 1.165) is 35.1 Å². The van der Waals surface area contributed by atoms with Gasteiger partial charge in [0.25, 0.3) is 0 Å². The fraction of sp³-hybridized carbons (Fsp3) is 0.368. The minimum Gasteiger partial charge on any atom is -0.347 e. The van der Waals surface area contributed by atoms with E-state index < -0.39 is 0 Å². The maximum Gasteiger partial charge on any atom is 0.239 e. The SMILES string of the molecule is CN(C)C(=O)[C@@H]1C[C@@H](Sc2ccccn2)CN1Cc1cccc(Cl)c1. The number of hydrogen-bond donors (Lipinski definition) is 0. The fourth-order valence-electron chi connectivity index (χ4n) is 3.13. The number of benzene rings is 1. The molecule has 0 saturated carbocycles. The molecule has 0 aliphatic carbocycles. The van der Waals surface area contributed by atoms with Crippen molar-refractivity contribution in [2.45, 2.75) is 29.3 Å². The molecular weight excluding hydrogens is 354 g/mol. The van der Waals surface area contributed by atoms with Crippen molar-refractivity contribution in [2.24, 2.45) is 0 Å². The third kappa shape index (κ3) is 4.75. The zero-order valence-corrected chi connectivity index (χ0v) is 16.0. The van der Waals surface area contributed by atoms with Crippen LogP contribution in [-0.4, -0.2) is 52.6 Å². The summed E-state index contributed by atoms with van der Waals surface area (Å²) in [5.74, 6) is 0.158. The molecule has 2 atom stereocenters. The molecule has 6 heteroatoms. The highest BCUT2D eigenvalue weighted by atomic mass is 35.5. The molecule has 2 aromatic rings. The summed E-state index contributed by atoms with van der Waals surface area (Å²) in [7, 11) is 3.64. The number of carbonyl (C=O) groups excluding carboxylic acids is 1. The smallest absolute Gasteiger partial charge is 0.239 e. The molecule has 1 saturated heterocycles. The highest BCUT2D eigenvalue weighted by molar-refractivity contribution is 7.99. The van der Waals surface area contributed by atoms with Crippen LogP contribution in [0, 0.1) is 0 Å². The second-order valence-corrected chi connectivity index (χ2v) is 8.21. The van der Waals surface area contributed by atoms with Crippen LogP contribution < -0.4 is 0 Å². The van der Waals surface area contributed by atoms with Crippen LogP contribution in [-0.2, 0) is 11.3 Å². The van der Waals surface area contributed by atoms with Crippen molar-refractivity contribution < 1.29 is 4.79 Å². The maximum absolute atomic E-state index is 12.6. The first-order valence-electron chi connectivity index (χ1n) is 8.30. The van der Waals surface area contributed by atoms with Crippen LogP contribution in [0.4, 0.5) is 0 Å². The zero-order valence-electron chi connectivity index (χ0n) is 14.4. The van der Waals surface area contributed by atoms with Crippen molar-refractivity contribution in [1.82, 2.24) is 14.8 Å². The monoisotopic (exact) mass is 375 g/mol. The number of aromatic nitrogens is 1. The molecule has 132 valence electrons. The number of rotatable bonds is 5. The van der Waals surface area contributed by atoms with E-state index in [-0.39, 0.29) is 11.9 Å². The highest BCUT2D eigenvalue weighted by Gasteiger charge is 2.38. The van der Waals surface area contributed by atoms with Crippen LogP contribution in [0.2, 0.25) is 5.02 Å². The number of halogens is 1. The lowest BCUT2D eigenvalue weighted by molar-refractivity contribution is -0.133. The Morgan fingerprint density at radius 1 is 1.32 bits per heavy atom. The van der Waals surface area contributed by atoms with E-state index in [4.69, 9.17) is 11.6 Å². The van der Waals surface area contributed by atoms with E-state index in [0.29, 0.717) is 5.25 Å². The molecule has 0 unspecified atom stereocenters. The summed E-state index contributed by atoms with van der Waals surface area (Å²) in [6.07, 6.45) is 2.64. The number of nitrogens with zero attached hydrogens (tertiary/aromatic N) is 3. The van der Waals surface area contributed by atoms with Gasteiger partial charge in [0.05, 0.1) is 11.1 Å². The number of pyridine rings is 1. The van der Waals surface area contributed by atoms with Gasteiger partial charge in [0, 0.05) is 43.7 Å². The third-order valence-corrected chi connectivity index (χ3v) is 5.68. The van der Waals surface area contributed by atoms with Crippen molar-refractivity contribution in [2.75, 3.05) is 20.6 Å². The van der Waals surface area contributed by atoms with Crippen molar-refractivity contribution >= 4 is 29.3 Å². The van der Waals surface area contributed by atoms with Gasteiger partial charge in [-0.15, -0.1) is 11.8 Å². The number of carbonyl (C=O) groups is 1. The van der Waals surface area contributed by atoms with E-state index in [1.807, 2.05) is 56.7 Å². The van der Waals surface area contributed by atoms with Crippen LogP contribution in [0.25, 0.3) is 0 Å². The molecule has 1 aliphatic heterocycles. The average molecular weight is 376 g/mol. The second kappa shape index (κ2) is 8.21. The lowest BCUT2D eigenvalue weighted by atomic mass is 10.1. The topological polar surface area (TPSA) is 36.4 Å². The molecule has 4 nitrogen and oxygen atoms in total. The predicted octanol–water partition coefficient (Wildman–Crippen LogP) is 3.56. The molecule has 1 aromatic carbocycles. The molecule has 25 heavy (non-hydrogen) atoms. The fourth-order valence-corrected chi connectivity index (χ4v) is 4.51. The molecular formula is C19H22ClN3OS. The van der Waals surface area contributed by atoms with E-state index >= 15 is 0 Å². The van der Waals surface area contributed by atoms with Crippen molar-refractivity contribution in [3.63, 3.8) is 0 Å². The van der Waals surface area contributed by atoms with Crippen LogP contribution in [0.15, 0.2) is 53.7 Å². The first kappa shape index (κ1) is 18.2. The largest absolute Gasteiger partial charge is 0.347 e. The van der Waals surface area contributed by atoms with Gasteiger partial charge in [0.1, 0.15) is 0 Å². The molecule has 1 fully saturated rings. The van der Waals surface area contributed by atoms with Crippen molar-refractivity contribution in [1.29, 1.82) is 0 Å². The van der Waals surface area contributed by atoms with Crippen molar-refractivity contribution in [3.05, 3.63) is 59.2 Å². The van der Waals surface area contributed by atoms with Gasteiger partial charge in [0.15, 0.2) is 0 Å². The summed E-state index contributed by atoms with van der Waals surface area (Å²) < 4.78 is 0. The normalized spacial score (nSPS) is 20.6. The number of likely N-dealkylation sites (N-methyl/N-ethyl adjacent to an activating group) is 1. The summed E-state index contributed by atoms with van der Waals surface area (Å²) in [5, 5.41) is 2.09. The van der Waals surface area contributed by atoms with E-state index in [1.165, 1.54) is 0 Å². The van der Waals surface area contributed by atoms with Gasteiger partial charge in [-0.25, -0.2) is 4.98 Å². The van der Waals surface area contributed by atoms with E-state index in [2.05, 4.69) is 16.0 Å². The minimum absolute atomic E-state index is 0.102. The number of hydrogen-bond acceptors (Lipinski definition) is 4. The Kier molecular flexibility index (Phi) is 5.99. The number of amides is 1. The van der Waals surface area contributed by atoms with Gasteiger partial charge < -0.3 is 4.90 Å². The molecule has 1 aliphatic rings. The predicted molar refractivity (Wildman–Crippen MR) is 103 cm³/mol. The first-order chi connectivity index (χ1) is 12.0. The van der Waals surface area contributed by atoms with E-state index in [9.17, 15) is 4.79 Å². The summed E-state index contributed by atoms with van der Waals surface area (Å²) in [6.45, 7) is 1.59. The number of thioether (sulfide) groups is 1. The Balaban J connectivity index is 1.74. The molecule has 0 N–H and O–H groups in total. The van der Waals surface area contributed by atoms with E-state index in [1.54, 1.807) is 16.7 Å². The van der Waals surface area contributed by atoms with Crippen LogP contribution in [0.5, 0.6) is 0 Å². The van der Waals surface area contributed by atoms with Gasteiger partial charge in [-0.2, -0.15) is 0 Å². The first-order valence-corrected chi connectivity index (χ1v) is 9.56. The van der Waals surface area contributed by atoms with Crippen molar-refractivity contribution in [3.8, 4) is 0 Å². The van der Waals surface area contributed by atoms with Crippen LogP contribution in [0.1, 0.15) is 12.0 Å². The lowest BCUT2D eigenvalue weighted by Gasteiger charge is -2.26. The maximum atomic E-state index is 12.6. The van der Waals surface area contributed by atoms with Gasteiger partial charge in [-0.3, -0.25) is 9.69 Å². The molecule has 2 heterocycles. The third-order valence-electron chi connectivity index (χ3n) is 4.29. The molecule has 3 rings (SSSR count). The Morgan fingerprint density at radius 3 is 2.84 bits per heavy atom. The summed E-state index contributed by atoms with van der Waals surface area (Å²) >= 11 is 7.86. The molecule has 1 aromatic heterocycles. The zero-order chi connectivity index (χ0) is 17.8. The average Bonchev–Trinajstić information content (AvgIpc) is 2.97. The standard InChI is InChI=1S/C19H22ClN3OS/c1-22(2)19(24)17-11-16(25-18-8-3-4-9-21-18)13-23(17)12-14-6-5-7-15(20)10-14/h3-10,16-17H,11-13H2,1-2H3/t16-,17+/m1/s1. The second-order valence-electron chi connectivity index (χ2n) is 6.45. The Bertz CT molecular complexity index is 726. The summed E-state index contributed by atoms with van der Waals surface area (Å²) in [4.78, 5) is 21.0. The van der Waals surface area contributed by atoms with Crippen LogP contribution in [0.3, 0.4) is 0 Å². The molecule has 1 amide bonds. The number of likely N-dealkylation sites (tertiary alicyclic amines) is 1. The Hall–Kier alpha value is -1.56.